The molecule has 0 spiro atoms. The minimum absolute atomic E-state index is 0.449. The summed E-state index contributed by atoms with van der Waals surface area (Å²) in [6.45, 7) is 10.7. The predicted molar refractivity (Wildman–Crippen MR) is 101 cm³/mol. The second-order valence-electron chi connectivity index (χ2n) is 6.04. The highest BCUT2D eigenvalue weighted by Crippen LogP contribution is 2.28. The van der Waals surface area contributed by atoms with Crippen LogP contribution in [0.15, 0.2) is 36.4 Å². The first kappa shape index (κ1) is 16.5. The third kappa shape index (κ3) is 3.66. The number of thiocarbonyl (C=S) groups is 1. The average Bonchev–Trinajstić information content (AvgIpc) is 2.45. The number of anilines is 2. The van der Waals surface area contributed by atoms with E-state index in [-0.39, 0.29) is 0 Å². The van der Waals surface area contributed by atoms with Gasteiger partial charge in [0.2, 0.25) is 0 Å². The Morgan fingerprint density at radius 3 is 1.82 bits per heavy atom. The maximum Gasteiger partial charge on any atom is 0.175 e. The molecule has 0 fully saturated rings. The molecule has 22 heavy (non-hydrogen) atoms. The van der Waals surface area contributed by atoms with Crippen molar-refractivity contribution in [3.63, 3.8) is 0 Å². The van der Waals surface area contributed by atoms with E-state index in [9.17, 15) is 0 Å². The van der Waals surface area contributed by atoms with Crippen LogP contribution in [0.4, 0.5) is 11.4 Å². The fourth-order valence-corrected chi connectivity index (χ4v) is 2.82. The molecule has 3 heteroatoms. The van der Waals surface area contributed by atoms with Gasteiger partial charge >= 0.3 is 0 Å². The summed E-state index contributed by atoms with van der Waals surface area (Å²) >= 11 is 5.52. The van der Waals surface area contributed by atoms with Gasteiger partial charge in [-0.2, -0.15) is 0 Å². The van der Waals surface area contributed by atoms with Gasteiger partial charge in [0.25, 0.3) is 0 Å². The van der Waals surface area contributed by atoms with Crippen molar-refractivity contribution in [3.8, 4) is 0 Å². The largest absolute Gasteiger partial charge is 0.332 e. The van der Waals surface area contributed by atoms with Crippen LogP contribution < -0.4 is 10.6 Å². The van der Waals surface area contributed by atoms with Crippen LogP contribution in [0, 0.1) is 20.8 Å². The molecule has 0 radical (unpaired) electrons. The van der Waals surface area contributed by atoms with E-state index >= 15 is 0 Å². The van der Waals surface area contributed by atoms with E-state index in [0.717, 1.165) is 11.4 Å². The molecule has 2 rings (SSSR count). The van der Waals surface area contributed by atoms with E-state index in [2.05, 4.69) is 81.7 Å². The second-order valence-corrected chi connectivity index (χ2v) is 6.45. The molecule has 0 saturated carbocycles. The molecule has 0 bridgehead atoms. The highest BCUT2D eigenvalue weighted by atomic mass is 32.1. The van der Waals surface area contributed by atoms with Crippen molar-refractivity contribution in [1.29, 1.82) is 0 Å². The standard InChI is InChI=1S/C19H24N2S/c1-12(2)16-11-7-10-15(5)18(16)21-19(22)20-17-13(3)8-6-9-14(17)4/h6-12H,1-5H3,(H2,20,21,22). The molecule has 0 amide bonds. The van der Waals surface area contributed by atoms with Gasteiger partial charge < -0.3 is 10.6 Å². The molecule has 0 atom stereocenters. The summed E-state index contributed by atoms with van der Waals surface area (Å²) < 4.78 is 0. The summed E-state index contributed by atoms with van der Waals surface area (Å²) in [7, 11) is 0. The van der Waals surface area contributed by atoms with Crippen molar-refractivity contribution in [2.75, 3.05) is 10.6 Å². The topological polar surface area (TPSA) is 24.1 Å². The SMILES string of the molecule is Cc1cccc(C)c1NC(=S)Nc1c(C)cccc1C(C)C. The molecule has 2 N–H and O–H groups in total. The lowest BCUT2D eigenvalue weighted by Crippen LogP contribution is -2.21. The smallest absolute Gasteiger partial charge is 0.175 e. The summed E-state index contributed by atoms with van der Waals surface area (Å²) in [6.07, 6.45) is 0. The lowest BCUT2D eigenvalue weighted by molar-refractivity contribution is 0.868. The maximum atomic E-state index is 5.52. The zero-order valence-electron chi connectivity index (χ0n) is 13.9. The number of hydrogen-bond acceptors (Lipinski definition) is 1. The normalized spacial score (nSPS) is 10.6. The Morgan fingerprint density at radius 1 is 0.818 bits per heavy atom. The van der Waals surface area contributed by atoms with E-state index < -0.39 is 0 Å². The molecule has 0 aliphatic heterocycles. The number of aryl methyl sites for hydroxylation is 3. The molecule has 0 aliphatic carbocycles. The van der Waals surface area contributed by atoms with Crippen molar-refractivity contribution in [2.45, 2.75) is 40.5 Å². The zero-order valence-corrected chi connectivity index (χ0v) is 14.8. The van der Waals surface area contributed by atoms with Crippen molar-refractivity contribution in [3.05, 3.63) is 58.7 Å². The number of nitrogens with one attached hydrogen (secondary N) is 2. The van der Waals surface area contributed by atoms with Gasteiger partial charge in [0, 0.05) is 11.4 Å². The van der Waals surface area contributed by atoms with E-state index in [1.54, 1.807) is 0 Å². The Kier molecular flexibility index (Phi) is 5.19. The number of para-hydroxylation sites is 2. The zero-order chi connectivity index (χ0) is 16.3. The van der Waals surface area contributed by atoms with Gasteiger partial charge in [-0.15, -0.1) is 0 Å². The molecule has 2 nitrogen and oxygen atoms in total. The van der Waals surface area contributed by atoms with Crippen molar-refractivity contribution < 1.29 is 0 Å². The third-order valence-electron chi connectivity index (χ3n) is 3.89. The summed E-state index contributed by atoms with van der Waals surface area (Å²) in [5, 5.41) is 7.36. The lowest BCUT2D eigenvalue weighted by Gasteiger charge is -2.19. The van der Waals surface area contributed by atoms with Gasteiger partial charge in [0.1, 0.15) is 0 Å². The quantitative estimate of drug-likeness (QED) is 0.727. The van der Waals surface area contributed by atoms with Crippen LogP contribution in [-0.4, -0.2) is 5.11 Å². The lowest BCUT2D eigenvalue weighted by atomic mass is 9.98. The van der Waals surface area contributed by atoms with E-state index in [1.807, 2.05) is 0 Å². The summed E-state index contributed by atoms with van der Waals surface area (Å²) in [5.41, 5.74) is 7.07. The van der Waals surface area contributed by atoms with Gasteiger partial charge in [-0.05, 0) is 61.2 Å². The first-order chi connectivity index (χ1) is 10.4. The van der Waals surface area contributed by atoms with Crippen LogP contribution in [0.5, 0.6) is 0 Å². The van der Waals surface area contributed by atoms with Gasteiger partial charge in [-0.1, -0.05) is 50.2 Å². The van der Waals surface area contributed by atoms with Gasteiger partial charge in [0.15, 0.2) is 5.11 Å². The monoisotopic (exact) mass is 312 g/mol. The Labute approximate surface area is 139 Å². The second kappa shape index (κ2) is 6.93. The van der Waals surface area contributed by atoms with Crippen LogP contribution in [-0.2, 0) is 0 Å². The minimum atomic E-state index is 0.449. The fourth-order valence-electron chi connectivity index (χ4n) is 2.61. The molecule has 116 valence electrons. The molecule has 2 aromatic rings. The van der Waals surface area contributed by atoms with Crippen LogP contribution in [0.1, 0.15) is 42.0 Å². The molecule has 0 aromatic heterocycles. The number of hydrogen-bond donors (Lipinski definition) is 2. The van der Waals surface area contributed by atoms with Crippen LogP contribution in [0.2, 0.25) is 0 Å². The molecular formula is C19H24N2S. The predicted octanol–water partition coefficient (Wildman–Crippen LogP) is 5.54. The summed E-state index contributed by atoms with van der Waals surface area (Å²) in [5.74, 6) is 0.449. The first-order valence-electron chi connectivity index (χ1n) is 7.64. The van der Waals surface area contributed by atoms with Gasteiger partial charge in [-0.3, -0.25) is 0 Å². The molecular weight excluding hydrogens is 288 g/mol. The highest BCUT2D eigenvalue weighted by Gasteiger charge is 2.11. The Balaban J connectivity index is 2.23. The Bertz CT molecular complexity index is 670. The minimum Gasteiger partial charge on any atom is -0.332 e. The molecule has 0 unspecified atom stereocenters. The fraction of sp³-hybridized carbons (Fsp3) is 0.316. The Hall–Kier alpha value is -1.87. The average molecular weight is 312 g/mol. The van der Waals surface area contributed by atoms with E-state index in [1.165, 1.54) is 22.3 Å². The number of rotatable bonds is 3. The van der Waals surface area contributed by atoms with Crippen LogP contribution in [0.3, 0.4) is 0 Å². The van der Waals surface area contributed by atoms with Crippen molar-refractivity contribution in [2.24, 2.45) is 0 Å². The summed E-state index contributed by atoms with van der Waals surface area (Å²) in [4.78, 5) is 0. The van der Waals surface area contributed by atoms with Crippen LogP contribution >= 0.6 is 12.2 Å². The summed E-state index contributed by atoms with van der Waals surface area (Å²) in [6, 6.07) is 12.6. The third-order valence-corrected chi connectivity index (χ3v) is 4.09. The van der Waals surface area contributed by atoms with Crippen molar-refractivity contribution in [1.82, 2.24) is 0 Å². The first-order valence-corrected chi connectivity index (χ1v) is 8.04. The number of benzene rings is 2. The van der Waals surface area contributed by atoms with E-state index in [4.69, 9.17) is 12.2 Å². The van der Waals surface area contributed by atoms with Crippen molar-refractivity contribution >= 4 is 28.7 Å². The Morgan fingerprint density at radius 2 is 1.27 bits per heavy atom. The van der Waals surface area contributed by atoms with E-state index in [0.29, 0.717) is 11.0 Å². The maximum absolute atomic E-state index is 5.52. The molecule has 2 aromatic carbocycles. The molecule has 0 heterocycles. The van der Waals surface area contributed by atoms with Gasteiger partial charge in [-0.25, -0.2) is 0 Å². The molecule has 0 aliphatic rings. The van der Waals surface area contributed by atoms with Gasteiger partial charge in [0.05, 0.1) is 0 Å². The highest BCUT2D eigenvalue weighted by molar-refractivity contribution is 7.80. The molecule has 0 saturated heterocycles. The van der Waals surface area contributed by atoms with Crippen LogP contribution in [0.25, 0.3) is 0 Å².